The lowest BCUT2D eigenvalue weighted by Gasteiger charge is -2.16. The van der Waals surface area contributed by atoms with Crippen molar-refractivity contribution in [3.05, 3.63) is 56.9 Å². The molecule has 2 aromatic rings. The molecule has 0 aliphatic carbocycles. The van der Waals surface area contributed by atoms with Crippen LogP contribution in [0, 0.1) is 0 Å². The number of furan rings is 1. The van der Waals surface area contributed by atoms with E-state index in [9.17, 15) is 0 Å². The minimum Gasteiger partial charge on any atom is -0.472 e. The number of hydrogen-bond acceptors (Lipinski definition) is 2. The summed E-state index contributed by atoms with van der Waals surface area (Å²) in [5.74, 6) is 0. The molecule has 84 valence electrons. The van der Waals surface area contributed by atoms with Crippen LogP contribution >= 0.6 is 31.9 Å². The minimum absolute atomic E-state index is 0.140. The van der Waals surface area contributed by atoms with Crippen LogP contribution < -0.4 is 5.32 Å². The smallest absolute Gasteiger partial charge is 0.0953 e. The third kappa shape index (κ3) is 2.39. The highest BCUT2D eigenvalue weighted by molar-refractivity contribution is 9.11. The topological polar surface area (TPSA) is 25.2 Å². The highest BCUT2D eigenvalue weighted by atomic mass is 79.9. The second kappa shape index (κ2) is 5.17. The molecule has 0 bridgehead atoms. The standard InChI is InChI=1S/C12H11Br2NO/c1-15-12(8-4-5-16-7-8)10-3-2-9(13)6-11(10)14/h2-7,12,15H,1H3. The monoisotopic (exact) mass is 343 g/mol. The first-order chi connectivity index (χ1) is 7.72. The molecule has 1 aromatic carbocycles. The van der Waals surface area contributed by atoms with E-state index in [1.807, 2.05) is 25.2 Å². The molecule has 0 aliphatic heterocycles. The Morgan fingerprint density at radius 3 is 2.62 bits per heavy atom. The first-order valence-electron chi connectivity index (χ1n) is 4.86. The van der Waals surface area contributed by atoms with Gasteiger partial charge < -0.3 is 9.73 Å². The zero-order valence-electron chi connectivity index (χ0n) is 8.71. The Labute approximate surface area is 111 Å². The van der Waals surface area contributed by atoms with E-state index in [1.54, 1.807) is 12.5 Å². The van der Waals surface area contributed by atoms with Crippen molar-refractivity contribution in [2.75, 3.05) is 7.05 Å². The average Bonchev–Trinajstić information content (AvgIpc) is 2.75. The maximum Gasteiger partial charge on any atom is 0.0953 e. The average molecular weight is 345 g/mol. The van der Waals surface area contributed by atoms with Crippen molar-refractivity contribution in [1.82, 2.24) is 5.32 Å². The Hall–Kier alpha value is -0.580. The fourth-order valence-corrected chi connectivity index (χ4v) is 2.95. The van der Waals surface area contributed by atoms with Crippen molar-refractivity contribution in [3.63, 3.8) is 0 Å². The Morgan fingerprint density at radius 1 is 1.25 bits per heavy atom. The number of nitrogens with one attached hydrogen (secondary N) is 1. The summed E-state index contributed by atoms with van der Waals surface area (Å²) in [7, 11) is 1.94. The summed E-state index contributed by atoms with van der Waals surface area (Å²) in [5.41, 5.74) is 2.30. The first-order valence-corrected chi connectivity index (χ1v) is 6.45. The van der Waals surface area contributed by atoms with E-state index in [4.69, 9.17) is 4.42 Å². The van der Waals surface area contributed by atoms with E-state index in [2.05, 4.69) is 43.2 Å². The Balaban J connectivity index is 2.41. The first kappa shape index (κ1) is 11.9. The Bertz CT molecular complexity index is 468. The summed E-state index contributed by atoms with van der Waals surface area (Å²) in [5, 5.41) is 3.28. The van der Waals surface area contributed by atoms with Gasteiger partial charge in [-0.05, 0) is 30.8 Å². The Morgan fingerprint density at radius 2 is 2.06 bits per heavy atom. The molecule has 0 radical (unpaired) electrons. The highest BCUT2D eigenvalue weighted by Crippen LogP contribution is 2.30. The van der Waals surface area contributed by atoms with E-state index in [0.29, 0.717) is 0 Å². The highest BCUT2D eigenvalue weighted by Gasteiger charge is 2.15. The van der Waals surface area contributed by atoms with Gasteiger partial charge in [-0.2, -0.15) is 0 Å². The second-order valence-corrected chi connectivity index (χ2v) is 5.21. The summed E-state index contributed by atoms with van der Waals surface area (Å²) >= 11 is 7.02. The summed E-state index contributed by atoms with van der Waals surface area (Å²) in [4.78, 5) is 0. The maximum atomic E-state index is 5.12. The lowest BCUT2D eigenvalue weighted by molar-refractivity contribution is 0.557. The van der Waals surface area contributed by atoms with E-state index in [0.717, 1.165) is 14.5 Å². The van der Waals surface area contributed by atoms with Gasteiger partial charge in [-0.25, -0.2) is 0 Å². The summed E-state index contributed by atoms with van der Waals surface area (Å²) in [6, 6.07) is 8.27. The van der Waals surface area contributed by atoms with Gasteiger partial charge in [0.25, 0.3) is 0 Å². The number of hydrogen-bond donors (Lipinski definition) is 1. The summed E-state index contributed by atoms with van der Waals surface area (Å²) in [6.07, 6.45) is 3.45. The summed E-state index contributed by atoms with van der Waals surface area (Å²) < 4.78 is 7.25. The molecule has 0 spiro atoms. The lowest BCUT2D eigenvalue weighted by Crippen LogP contribution is -2.17. The van der Waals surface area contributed by atoms with Crippen molar-refractivity contribution in [2.45, 2.75) is 6.04 Å². The van der Waals surface area contributed by atoms with E-state index in [1.165, 1.54) is 5.56 Å². The van der Waals surface area contributed by atoms with Crippen LogP contribution in [-0.4, -0.2) is 7.05 Å². The van der Waals surface area contributed by atoms with Gasteiger partial charge in [-0.3, -0.25) is 0 Å². The van der Waals surface area contributed by atoms with Crippen molar-refractivity contribution in [3.8, 4) is 0 Å². The van der Waals surface area contributed by atoms with Crippen LogP contribution in [0.3, 0.4) is 0 Å². The molecule has 0 fully saturated rings. The molecule has 2 nitrogen and oxygen atoms in total. The SMILES string of the molecule is CNC(c1ccoc1)c1ccc(Br)cc1Br. The van der Waals surface area contributed by atoms with Gasteiger partial charge in [0, 0.05) is 14.5 Å². The van der Waals surface area contributed by atoms with Crippen molar-refractivity contribution < 1.29 is 4.42 Å². The molecule has 4 heteroatoms. The largest absolute Gasteiger partial charge is 0.472 e. The van der Waals surface area contributed by atoms with Gasteiger partial charge in [0.15, 0.2) is 0 Å². The van der Waals surface area contributed by atoms with Gasteiger partial charge in [-0.15, -0.1) is 0 Å². The molecule has 1 atom stereocenters. The van der Waals surface area contributed by atoms with Crippen LogP contribution in [0.4, 0.5) is 0 Å². The van der Waals surface area contributed by atoms with Crippen LogP contribution in [0.15, 0.2) is 50.2 Å². The molecule has 1 N–H and O–H groups in total. The number of halogens is 2. The summed E-state index contributed by atoms with van der Waals surface area (Å²) in [6.45, 7) is 0. The number of benzene rings is 1. The molecule has 0 saturated heterocycles. The fraction of sp³-hybridized carbons (Fsp3) is 0.167. The molecule has 0 saturated carbocycles. The van der Waals surface area contributed by atoms with E-state index < -0.39 is 0 Å². The third-order valence-electron chi connectivity index (χ3n) is 2.44. The van der Waals surface area contributed by atoms with E-state index in [-0.39, 0.29) is 6.04 Å². The van der Waals surface area contributed by atoms with Crippen LogP contribution in [0.1, 0.15) is 17.2 Å². The molecule has 0 aliphatic rings. The van der Waals surface area contributed by atoms with Crippen molar-refractivity contribution in [1.29, 1.82) is 0 Å². The normalized spacial score (nSPS) is 12.7. The zero-order valence-corrected chi connectivity index (χ0v) is 11.9. The minimum atomic E-state index is 0.140. The van der Waals surface area contributed by atoms with Gasteiger partial charge >= 0.3 is 0 Å². The van der Waals surface area contributed by atoms with Crippen molar-refractivity contribution >= 4 is 31.9 Å². The molecule has 1 aromatic heterocycles. The molecule has 0 amide bonds. The number of rotatable bonds is 3. The lowest BCUT2D eigenvalue weighted by atomic mass is 10.0. The second-order valence-electron chi connectivity index (χ2n) is 3.44. The van der Waals surface area contributed by atoms with Crippen LogP contribution in [0.5, 0.6) is 0 Å². The van der Waals surface area contributed by atoms with Gasteiger partial charge in [0.05, 0.1) is 18.6 Å². The molecule has 2 rings (SSSR count). The van der Waals surface area contributed by atoms with Gasteiger partial charge in [0.2, 0.25) is 0 Å². The Kier molecular flexibility index (Phi) is 3.84. The van der Waals surface area contributed by atoms with Crippen LogP contribution in [0.2, 0.25) is 0 Å². The van der Waals surface area contributed by atoms with Crippen LogP contribution in [0.25, 0.3) is 0 Å². The van der Waals surface area contributed by atoms with Crippen molar-refractivity contribution in [2.24, 2.45) is 0 Å². The molecule has 1 unspecified atom stereocenters. The predicted molar refractivity (Wildman–Crippen MR) is 71.5 cm³/mol. The predicted octanol–water partition coefficient (Wildman–Crippen LogP) is 4.11. The van der Waals surface area contributed by atoms with Gasteiger partial charge in [-0.1, -0.05) is 37.9 Å². The molecule has 16 heavy (non-hydrogen) atoms. The maximum absolute atomic E-state index is 5.12. The van der Waals surface area contributed by atoms with E-state index >= 15 is 0 Å². The third-order valence-corrected chi connectivity index (χ3v) is 3.62. The molecule has 1 heterocycles. The van der Waals surface area contributed by atoms with Crippen LogP contribution in [-0.2, 0) is 0 Å². The molecular weight excluding hydrogens is 334 g/mol. The zero-order chi connectivity index (χ0) is 11.5. The molecular formula is C12H11Br2NO. The fourth-order valence-electron chi connectivity index (χ4n) is 1.68. The quantitative estimate of drug-likeness (QED) is 0.906. The van der Waals surface area contributed by atoms with Gasteiger partial charge in [0.1, 0.15) is 0 Å².